The molecule has 0 unspecified atom stereocenters. The lowest BCUT2D eigenvalue weighted by Crippen LogP contribution is -2.19. The third kappa shape index (κ3) is 4.53. The molecule has 0 saturated heterocycles. The summed E-state index contributed by atoms with van der Waals surface area (Å²) in [5.74, 6) is -0.0552. The van der Waals surface area contributed by atoms with E-state index in [0.717, 1.165) is 16.2 Å². The number of carbonyl (C=O) groups is 1. The molecule has 0 bridgehead atoms. The molecule has 0 saturated carbocycles. The van der Waals surface area contributed by atoms with Gasteiger partial charge in [-0.15, -0.1) is 11.8 Å². The number of hydrogen-bond acceptors (Lipinski definition) is 3. The minimum absolute atomic E-state index is 0.463. The molecule has 0 aliphatic heterocycles. The highest BCUT2D eigenvalue weighted by molar-refractivity contribution is 8.00. The van der Waals surface area contributed by atoms with Crippen LogP contribution in [0.4, 0.5) is 0 Å². The molecule has 0 amide bonds. The van der Waals surface area contributed by atoms with Crippen molar-refractivity contribution in [3.63, 3.8) is 0 Å². The monoisotopic (exact) mass is 302 g/mol. The Bertz CT molecular complexity index is 608. The molecule has 0 spiro atoms. The summed E-state index contributed by atoms with van der Waals surface area (Å²) in [7, 11) is 1.61. The molecule has 110 valence electrons. The van der Waals surface area contributed by atoms with E-state index in [4.69, 9.17) is 4.74 Å². The van der Waals surface area contributed by atoms with E-state index in [1.54, 1.807) is 7.11 Å². The Balaban J connectivity index is 2.11. The van der Waals surface area contributed by atoms with Crippen LogP contribution in [0.3, 0.4) is 0 Å². The summed E-state index contributed by atoms with van der Waals surface area (Å²) in [5.41, 5.74) is 2.13. The predicted octanol–water partition coefficient (Wildman–Crippen LogP) is 3.79. The largest absolute Gasteiger partial charge is 0.497 e. The van der Waals surface area contributed by atoms with Crippen LogP contribution in [-0.2, 0) is 11.2 Å². The molecule has 0 fully saturated rings. The molecule has 2 aromatic rings. The Hall–Kier alpha value is -1.94. The zero-order chi connectivity index (χ0) is 15.2. The molecule has 3 nitrogen and oxygen atoms in total. The third-order valence-corrected chi connectivity index (χ3v) is 4.33. The number of methoxy groups -OCH3 is 1. The van der Waals surface area contributed by atoms with E-state index >= 15 is 0 Å². The van der Waals surface area contributed by atoms with Crippen LogP contribution in [0.25, 0.3) is 0 Å². The Morgan fingerprint density at radius 3 is 2.57 bits per heavy atom. The second-order valence-corrected chi connectivity index (χ2v) is 6.09. The number of benzene rings is 2. The summed E-state index contributed by atoms with van der Waals surface area (Å²) in [6, 6.07) is 15.4. The first-order chi connectivity index (χ1) is 10.1. The maximum Gasteiger partial charge on any atom is 0.317 e. The van der Waals surface area contributed by atoms with Crippen LogP contribution in [0, 0.1) is 6.92 Å². The van der Waals surface area contributed by atoms with Gasteiger partial charge in [-0.2, -0.15) is 0 Å². The minimum Gasteiger partial charge on any atom is -0.497 e. The quantitative estimate of drug-likeness (QED) is 0.825. The molecule has 4 heteroatoms. The lowest BCUT2D eigenvalue weighted by molar-refractivity contribution is -0.136. The van der Waals surface area contributed by atoms with Gasteiger partial charge in [-0.3, -0.25) is 4.79 Å². The molecule has 0 heterocycles. The SMILES string of the molecule is COc1cccc(C[C@@H](Sc2ccc(C)cc2)C(=O)O)c1. The molecule has 1 atom stereocenters. The fourth-order valence-electron chi connectivity index (χ4n) is 1.97. The number of hydrogen-bond donors (Lipinski definition) is 1. The van der Waals surface area contributed by atoms with Crippen molar-refractivity contribution in [2.75, 3.05) is 7.11 Å². The molecule has 0 aromatic heterocycles. The van der Waals surface area contributed by atoms with Crippen LogP contribution >= 0.6 is 11.8 Å². The van der Waals surface area contributed by atoms with Crippen LogP contribution in [0.15, 0.2) is 53.4 Å². The van der Waals surface area contributed by atoms with E-state index in [9.17, 15) is 9.90 Å². The van der Waals surface area contributed by atoms with Gasteiger partial charge in [-0.25, -0.2) is 0 Å². The molecule has 0 radical (unpaired) electrons. The van der Waals surface area contributed by atoms with Crippen molar-refractivity contribution in [3.8, 4) is 5.75 Å². The van der Waals surface area contributed by atoms with Crippen LogP contribution in [0.1, 0.15) is 11.1 Å². The first-order valence-electron chi connectivity index (χ1n) is 6.67. The van der Waals surface area contributed by atoms with E-state index in [0.29, 0.717) is 6.42 Å². The van der Waals surface area contributed by atoms with Crippen molar-refractivity contribution in [1.29, 1.82) is 0 Å². The first-order valence-corrected chi connectivity index (χ1v) is 7.55. The van der Waals surface area contributed by atoms with Gasteiger partial charge in [0.1, 0.15) is 11.0 Å². The molecule has 1 N–H and O–H groups in total. The predicted molar refractivity (Wildman–Crippen MR) is 85.2 cm³/mol. The number of ether oxygens (including phenoxy) is 1. The van der Waals surface area contributed by atoms with Crippen LogP contribution in [0.2, 0.25) is 0 Å². The number of carboxylic acids is 1. The molecule has 0 aliphatic rings. The molecule has 2 aromatic carbocycles. The molecular formula is C17H18O3S. The highest BCUT2D eigenvalue weighted by Gasteiger charge is 2.19. The van der Waals surface area contributed by atoms with Crippen molar-refractivity contribution < 1.29 is 14.6 Å². The summed E-state index contributed by atoms with van der Waals surface area (Å²) in [6.45, 7) is 2.01. The standard InChI is InChI=1S/C17H18O3S/c1-12-6-8-15(9-7-12)21-16(17(18)19)11-13-4-3-5-14(10-13)20-2/h3-10,16H,11H2,1-2H3,(H,18,19)/t16-/m1/s1. The summed E-state index contributed by atoms with van der Waals surface area (Å²) in [6.07, 6.45) is 0.463. The van der Waals surface area contributed by atoms with Gasteiger partial charge in [-0.05, 0) is 43.2 Å². The van der Waals surface area contributed by atoms with Crippen molar-refractivity contribution >= 4 is 17.7 Å². The topological polar surface area (TPSA) is 46.5 Å². The van der Waals surface area contributed by atoms with Gasteiger partial charge < -0.3 is 9.84 Å². The minimum atomic E-state index is -0.802. The zero-order valence-corrected chi connectivity index (χ0v) is 12.9. The normalized spacial score (nSPS) is 11.9. The Morgan fingerprint density at radius 2 is 1.95 bits per heavy atom. The number of thioether (sulfide) groups is 1. The maximum atomic E-state index is 11.5. The van der Waals surface area contributed by atoms with Gasteiger partial charge in [0.2, 0.25) is 0 Å². The Kier molecular flexibility index (Phi) is 5.28. The summed E-state index contributed by atoms with van der Waals surface area (Å²) in [4.78, 5) is 12.4. The molecule has 2 rings (SSSR count). The Morgan fingerprint density at radius 1 is 1.24 bits per heavy atom. The van der Waals surface area contributed by atoms with Crippen molar-refractivity contribution in [1.82, 2.24) is 0 Å². The average Bonchev–Trinajstić information content (AvgIpc) is 2.49. The van der Waals surface area contributed by atoms with E-state index in [1.807, 2.05) is 55.5 Å². The summed E-state index contributed by atoms with van der Waals surface area (Å²) < 4.78 is 5.17. The Labute approximate surface area is 129 Å². The lowest BCUT2D eigenvalue weighted by Gasteiger charge is -2.13. The van der Waals surface area contributed by atoms with Gasteiger partial charge in [0, 0.05) is 4.90 Å². The van der Waals surface area contributed by atoms with Crippen molar-refractivity contribution in [3.05, 3.63) is 59.7 Å². The fraction of sp³-hybridized carbons (Fsp3) is 0.235. The van der Waals surface area contributed by atoms with E-state index in [-0.39, 0.29) is 0 Å². The second-order valence-electron chi connectivity index (χ2n) is 4.81. The highest BCUT2D eigenvalue weighted by atomic mass is 32.2. The lowest BCUT2D eigenvalue weighted by atomic mass is 10.1. The average molecular weight is 302 g/mol. The van der Waals surface area contributed by atoms with Gasteiger partial charge in [0.15, 0.2) is 0 Å². The number of carboxylic acid groups (broad SMARTS) is 1. The number of aryl methyl sites for hydroxylation is 1. The zero-order valence-electron chi connectivity index (χ0n) is 12.1. The van der Waals surface area contributed by atoms with Gasteiger partial charge in [0.25, 0.3) is 0 Å². The van der Waals surface area contributed by atoms with Crippen LogP contribution in [0.5, 0.6) is 5.75 Å². The molecule has 0 aliphatic carbocycles. The van der Waals surface area contributed by atoms with Crippen molar-refractivity contribution in [2.45, 2.75) is 23.5 Å². The fourth-order valence-corrected chi connectivity index (χ4v) is 2.97. The summed E-state index contributed by atoms with van der Waals surface area (Å²) in [5, 5.41) is 8.91. The third-order valence-electron chi connectivity index (χ3n) is 3.13. The summed E-state index contributed by atoms with van der Waals surface area (Å²) >= 11 is 1.37. The van der Waals surface area contributed by atoms with E-state index in [1.165, 1.54) is 17.3 Å². The second kappa shape index (κ2) is 7.18. The van der Waals surface area contributed by atoms with Gasteiger partial charge in [-0.1, -0.05) is 29.8 Å². The molecule has 21 heavy (non-hydrogen) atoms. The van der Waals surface area contributed by atoms with Gasteiger partial charge in [0.05, 0.1) is 7.11 Å². The van der Waals surface area contributed by atoms with Crippen LogP contribution < -0.4 is 4.74 Å². The molecular weight excluding hydrogens is 284 g/mol. The van der Waals surface area contributed by atoms with E-state index < -0.39 is 11.2 Å². The highest BCUT2D eigenvalue weighted by Crippen LogP contribution is 2.27. The van der Waals surface area contributed by atoms with E-state index in [2.05, 4.69) is 0 Å². The van der Waals surface area contributed by atoms with Crippen molar-refractivity contribution in [2.24, 2.45) is 0 Å². The number of aliphatic carboxylic acids is 1. The van der Waals surface area contributed by atoms with Crippen LogP contribution in [-0.4, -0.2) is 23.4 Å². The van der Waals surface area contributed by atoms with Gasteiger partial charge >= 0.3 is 5.97 Å². The smallest absolute Gasteiger partial charge is 0.317 e. The first kappa shape index (κ1) is 15.4. The number of rotatable bonds is 6. The maximum absolute atomic E-state index is 11.5.